The van der Waals surface area contributed by atoms with Crippen molar-refractivity contribution in [1.29, 1.82) is 0 Å². The number of amides is 1. The van der Waals surface area contributed by atoms with Gasteiger partial charge in [0.2, 0.25) is 0 Å². The topological polar surface area (TPSA) is 50.8 Å². The number of fused-ring (bicyclic) bond motifs is 1. The zero-order chi connectivity index (χ0) is 21.0. The first-order valence-electron chi connectivity index (χ1n) is 8.95. The van der Waals surface area contributed by atoms with E-state index < -0.39 is 24.3 Å². The zero-order valence-electron chi connectivity index (χ0n) is 15.7. The van der Waals surface area contributed by atoms with Crippen molar-refractivity contribution < 1.29 is 31.8 Å². The Balaban J connectivity index is 1.69. The fraction of sp³-hybridized carbons (Fsp3) is 0.350. The molecule has 0 saturated heterocycles. The summed E-state index contributed by atoms with van der Waals surface area (Å²) in [6.07, 6.45) is -5.10. The molecule has 0 aromatic heterocycles. The van der Waals surface area contributed by atoms with Crippen molar-refractivity contribution in [3.8, 4) is 11.5 Å². The van der Waals surface area contributed by atoms with E-state index in [9.17, 15) is 22.4 Å². The first-order valence-corrected chi connectivity index (χ1v) is 8.95. The molecule has 0 saturated carbocycles. The summed E-state index contributed by atoms with van der Waals surface area (Å²) >= 11 is 0. The highest BCUT2D eigenvalue weighted by molar-refractivity contribution is 6.04. The average Bonchev–Trinajstić information content (AvgIpc) is 2.87. The minimum absolute atomic E-state index is 0.0662. The lowest BCUT2D eigenvalue weighted by Crippen LogP contribution is -2.29. The molecule has 3 rings (SSSR count). The smallest absolute Gasteiger partial charge is 0.390 e. The van der Waals surface area contributed by atoms with Gasteiger partial charge in [-0.15, -0.1) is 0 Å². The van der Waals surface area contributed by atoms with Crippen LogP contribution < -0.4 is 14.8 Å². The SMILES string of the molecule is COc1ccc(NC(=O)c2ccc3c(c2)OCCN(CCC(F)(F)F)C3)cc1F. The lowest BCUT2D eigenvalue weighted by molar-refractivity contribution is -0.138. The summed E-state index contributed by atoms with van der Waals surface area (Å²) in [5, 5.41) is 2.59. The summed E-state index contributed by atoms with van der Waals surface area (Å²) in [6, 6.07) is 8.82. The molecule has 0 atom stereocenters. The minimum Gasteiger partial charge on any atom is -0.494 e. The normalized spacial score (nSPS) is 14.5. The Morgan fingerprint density at radius 1 is 1.24 bits per heavy atom. The molecule has 1 aliphatic heterocycles. The van der Waals surface area contributed by atoms with Crippen LogP contribution in [-0.4, -0.2) is 43.8 Å². The molecular weight excluding hydrogens is 392 g/mol. The van der Waals surface area contributed by atoms with Crippen molar-refractivity contribution >= 4 is 11.6 Å². The van der Waals surface area contributed by atoms with Crippen LogP contribution in [0.2, 0.25) is 0 Å². The number of nitrogens with one attached hydrogen (secondary N) is 1. The number of alkyl halides is 3. The van der Waals surface area contributed by atoms with Gasteiger partial charge in [-0.1, -0.05) is 6.07 Å². The summed E-state index contributed by atoms with van der Waals surface area (Å²) in [4.78, 5) is 14.1. The molecule has 0 unspecified atom stereocenters. The molecule has 1 N–H and O–H groups in total. The van der Waals surface area contributed by atoms with E-state index in [4.69, 9.17) is 9.47 Å². The maximum Gasteiger partial charge on any atom is 0.390 e. The lowest BCUT2D eigenvalue weighted by atomic mass is 10.1. The molecule has 2 aromatic carbocycles. The molecule has 1 heterocycles. The second kappa shape index (κ2) is 8.69. The highest BCUT2D eigenvalue weighted by Crippen LogP contribution is 2.27. The number of hydrogen-bond acceptors (Lipinski definition) is 4. The Hall–Kier alpha value is -2.81. The molecule has 0 spiro atoms. The van der Waals surface area contributed by atoms with E-state index in [1.165, 1.54) is 25.3 Å². The van der Waals surface area contributed by atoms with Gasteiger partial charge in [-0.3, -0.25) is 9.69 Å². The van der Waals surface area contributed by atoms with Crippen LogP contribution in [-0.2, 0) is 6.54 Å². The molecule has 0 aliphatic carbocycles. The first-order chi connectivity index (χ1) is 13.7. The zero-order valence-corrected chi connectivity index (χ0v) is 15.7. The Labute approximate surface area is 165 Å². The summed E-state index contributed by atoms with van der Waals surface area (Å²) in [6.45, 7) is 0.769. The number of anilines is 1. The number of benzene rings is 2. The van der Waals surface area contributed by atoms with Crippen LogP contribution in [0.25, 0.3) is 0 Å². The van der Waals surface area contributed by atoms with Gasteiger partial charge < -0.3 is 14.8 Å². The van der Waals surface area contributed by atoms with Crippen LogP contribution in [0.4, 0.5) is 23.2 Å². The van der Waals surface area contributed by atoms with Gasteiger partial charge in [0.1, 0.15) is 12.4 Å². The fourth-order valence-corrected chi connectivity index (χ4v) is 2.99. The van der Waals surface area contributed by atoms with Crippen molar-refractivity contribution in [1.82, 2.24) is 4.90 Å². The number of carbonyl (C=O) groups is 1. The van der Waals surface area contributed by atoms with E-state index in [0.29, 0.717) is 30.0 Å². The van der Waals surface area contributed by atoms with Crippen molar-refractivity contribution in [3.63, 3.8) is 0 Å². The van der Waals surface area contributed by atoms with Gasteiger partial charge >= 0.3 is 6.18 Å². The van der Waals surface area contributed by atoms with Crippen LogP contribution in [0.1, 0.15) is 22.3 Å². The van der Waals surface area contributed by atoms with E-state index in [-0.39, 0.29) is 24.6 Å². The molecule has 0 bridgehead atoms. The number of ether oxygens (including phenoxy) is 2. The predicted octanol–water partition coefficient (Wildman–Crippen LogP) is 4.23. The molecule has 1 amide bonds. The number of carbonyl (C=O) groups excluding carboxylic acids is 1. The number of halogens is 4. The number of rotatable bonds is 5. The fourth-order valence-electron chi connectivity index (χ4n) is 2.99. The van der Waals surface area contributed by atoms with Crippen LogP contribution in [0.5, 0.6) is 11.5 Å². The Bertz CT molecular complexity index is 887. The summed E-state index contributed by atoms with van der Waals surface area (Å²) in [5.74, 6) is -0.543. The maximum absolute atomic E-state index is 13.8. The van der Waals surface area contributed by atoms with Crippen molar-refractivity contribution in [2.45, 2.75) is 19.1 Å². The monoisotopic (exact) mass is 412 g/mol. The van der Waals surface area contributed by atoms with Gasteiger partial charge in [-0.2, -0.15) is 13.2 Å². The standard InChI is InChI=1S/C20H20F4N2O3/c1-28-17-5-4-15(11-16(17)21)25-19(27)13-2-3-14-12-26(7-6-20(22,23)24)8-9-29-18(14)10-13/h2-5,10-11H,6-9,12H2,1H3,(H,25,27). The summed E-state index contributed by atoms with van der Waals surface area (Å²) in [7, 11) is 1.34. The molecular formula is C20H20F4N2O3. The average molecular weight is 412 g/mol. The van der Waals surface area contributed by atoms with Crippen molar-refractivity contribution in [2.75, 3.05) is 32.1 Å². The second-order valence-corrected chi connectivity index (χ2v) is 6.62. The van der Waals surface area contributed by atoms with Gasteiger partial charge in [0.25, 0.3) is 5.91 Å². The van der Waals surface area contributed by atoms with E-state index in [1.54, 1.807) is 17.0 Å². The second-order valence-electron chi connectivity index (χ2n) is 6.62. The molecule has 0 radical (unpaired) electrons. The van der Waals surface area contributed by atoms with E-state index in [0.717, 1.165) is 6.07 Å². The van der Waals surface area contributed by atoms with Gasteiger partial charge in [-0.25, -0.2) is 4.39 Å². The van der Waals surface area contributed by atoms with Crippen LogP contribution in [0.15, 0.2) is 36.4 Å². The van der Waals surface area contributed by atoms with Gasteiger partial charge in [0, 0.05) is 42.5 Å². The van der Waals surface area contributed by atoms with Crippen LogP contribution in [0.3, 0.4) is 0 Å². The highest BCUT2D eigenvalue weighted by Gasteiger charge is 2.28. The minimum atomic E-state index is -4.21. The molecule has 5 nitrogen and oxygen atoms in total. The summed E-state index contributed by atoms with van der Waals surface area (Å²) < 4.78 is 61.6. The molecule has 156 valence electrons. The van der Waals surface area contributed by atoms with Crippen LogP contribution in [0, 0.1) is 5.82 Å². The molecule has 0 fully saturated rings. The Morgan fingerprint density at radius 2 is 2.03 bits per heavy atom. The molecule has 2 aromatic rings. The quantitative estimate of drug-likeness (QED) is 0.747. The van der Waals surface area contributed by atoms with Gasteiger partial charge in [0.15, 0.2) is 11.6 Å². The largest absolute Gasteiger partial charge is 0.494 e. The lowest BCUT2D eigenvalue weighted by Gasteiger charge is -2.20. The van der Waals surface area contributed by atoms with E-state index in [1.807, 2.05) is 0 Å². The first kappa shape index (κ1) is 20.9. The maximum atomic E-state index is 13.8. The summed E-state index contributed by atoms with van der Waals surface area (Å²) in [5.41, 5.74) is 1.27. The van der Waals surface area contributed by atoms with E-state index in [2.05, 4.69) is 5.32 Å². The number of methoxy groups -OCH3 is 1. The molecule has 9 heteroatoms. The highest BCUT2D eigenvalue weighted by atomic mass is 19.4. The predicted molar refractivity (Wildman–Crippen MR) is 98.8 cm³/mol. The van der Waals surface area contributed by atoms with E-state index >= 15 is 0 Å². The van der Waals surface area contributed by atoms with Crippen molar-refractivity contribution in [2.24, 2.45) is 0 Å². The number of hydrogen-bond donors (Lipinski definition) is 1. The Morgan fingerprint density at radius 3 is 2.72 bits per heavy atom. The third-order valence-corrected chi connectivity index (χ3v) is 4.51. The third kappa shape index (κ3) is 5.60. The Kier molecular flexibility index (Phi) is 6.26. The van der Waals surface area contributed by atoms with Crippen molar-refractivity contribution in [3.05, 3.63) is 53.3 Å². The number of nitrogens with zero attached hydrogens (tertiary/aromatic N) is 1. The van der Waals surface area contributed by atoms with Crippen LogP contribution >= 0.6 is 0 Å². The molecule has 1 aliphatic rings. The third-order valence-electron chi connectivity index (χ3n) is 4.51. The molecule has 29 heavy (non-hydrogen) atoms. The van der Waals surface area contributed by atoms with Gasteiger partial charge in [-0.05, 0) is 24.3 Å². The van der Waals surface area contributed by atoms with Gasteiger partial charge in [0.05, 0.1) is 13.5 Å².